The molecular weight excluding hydrogens is 364 g/mol. The predicted octanol–water partition coefficient (Wildman–Crippen LogP) is 3.58. The van der Waals surface area contributed by atoms with Gasteiger partial charge in [-0.3, -0.25) is 9.59 Å². The SMILES string of the molecule is CCNC(=O)[C@@H](C)N(Cc1ccccc1C)C(=O)COc1cccc(Cl)c1. The average molecular weight is 389 g/mol. The number of hydrogen-bond donors (Lipinski definition) is 1. The van der Waals surface area contributed by atoms with Crippen LogP contribution >= 0.6 is 11.6 Å². The molecule has 2 aromatic rings. The number of nitrogens with zero attached hydrogens (tertiary/aromatic N) is 1. The molecule has 5 nitrogen and oxygen atoms in total. The highest BCUT2D eigenvalue weighted by Crippen LogP contribution is 2.18. The minimum atomic E-state index is -0.611. The standard InChI is InChI=1S/C21H25ClN2O3/c1-4-23-21(26)16(3)24(13-17-9-6-5-8-15(17)2)20(25)14-27-19-11-7-10-18(22)12-19/h5-12,16H,4,13-14H2,1-3H3,(H,23,26)/t16-/m1/s1. The first kappa shape index (κ1) is 20.8. The van der Waals surface area contributed by atoms with Crippen LogP contribution in [0.5, 0.6) is 5.75 Å². The number of aryl methyl sites for hydroxylation is 1. The first-order chi connectivity index (χ1) is 12.9. The summed E-state index contributed by atoms with van der Waals surface area (Å²) in [5, 5.41) is 3.31. The molecule has 0 aromatic heterocycles. The van der Waals surface area contributed by atoms with E-state index in [1.807, 2.05) is 38.1 Å². The zero-order valence-electron chi connectivity index (χ0n) is 15.9. The highest BCUT2D eigenvalue weighted by Gasteiger charge is 2.26. The molecule has 2 aromatic carbocycles. The van der Waals surface area contributed by atoms with Gasteiger partial charge in [0.05, 0.1) is 0 Å². The fourth-order valence-corrected chi connectivity index (χ4v) is 2.84. The van der Waals surface area contributed by atoms with E-state index in [1.54, 1.807) is 31.2 Å². The molecular formula is C21H25ClN2O3. The number of nitrogens with one attached hydrogen (secondary N) is 1. The summed E-state index contributed by atoms with van der Waals surface area (Å²) < 4.78 is 5.58. The number of ether oxygens (including phenoxy) is 1. The van der Waals surface area contributed by atoms with Gasteiger partial charge in [-0.05, 0) is 50.1 Å². The van der Waals surface area contributed by atoms with Crippen LogP contribution < -0.4 is 10.1 Å². The third-order valence-corrected chi connectivity index (χ3v) is 4.51. The van der Waals surface area contributed by atoms with Crippen molar-refractivity contribution < 1.29 is 14.3 Å². The molecule has 0 unspecified atom stereocenters. The molecule has 1 N–H and O–H groups in total. The molecule has 0 aliphatic heterocycles. The lowest BCUT2D eigenvalue weighted by atomic mass is 10.1. The number of carbonyl (C=O) groups excluding carboxylic acids is 2. The van der Waals surface area contributed by atoms with Gasteiger partial charge in [0.2, 0.25) is 5.91 Å². The molecule has 0 spiro atoms. The van der Waals surface area contributed by atoms with Crippen molar-refractivity contribution in [2.24, 2.45) is 0 Å². The summed E-state index contributed by atoms with van der Waals surface area (Å²) in [6, 6.07) is 14.1. The van der Waals surface area contributed by atoms with Gasteiger partial charge in [-0.1, -0.05) is 41.9 Å². The summed E-state index contributed by atoms with van der Waals surface area (Å²) in [5.74, 6) is 0.0523. The van der Waals surface area contributed by atoms with Crippen LogP contribution in [0.1, 0.15) is 25.0 Å². The Bertz CT molecular complexity index is 795. The van der Waals surface area contributed by atoms with Gasteiger partial charge < -0.3 is 15.0 Å². The van der Waals surface area contributed by atoms with Gasteiger partial charge in [0.1, 0.15) is 11.8 Å². The van der Waals surface area contributed by atoms with E-state index in [1.165, 1.54) is 4.90 Å². The topological polar surface area (TPSA) is 58.6 Å². The first-order valence-electron chi connectivity index (χ1n) is 8.92. The van der Waals surface area contributed by atoms with E-state index in [9.17, 15) is 9.59 Å². The van der Waals surface area contributed by atoms with Crippen molar-refractivity contribution >= 4 is 23.4 Å². The molecule has 0 heterocycles. The van der Waals surface area contributed by atoms with E-state index < -0.39 is 6.04 Å². The molecule has 0 saturated heterocycles. The lowest BCUT2D eigenvalue weighted by molar-refractivity contribution is -0.142. The van der Waals surface area contributed by atoms with Gasteiger partial charge in [0, 0.05) is 18.1 Å². The van der Waals surface area contributed by atoms with E-state index in [4.69, 9.17) is 16.3 Å². The Labute approximate surface area is 165 Å². The minimum absolute atomic E-state index is 0.171. The second-order valence-electron chi connectivity index (χ2n) is 6.26. The lowest BCUT2D eigenvalue weighted by Gasteiger charge is -2.29. The smallest absolute Gasteiger partial charge is 0.261 e. The second-order valence-corrected chi connectivity index (χ2v) is 6.70. The van der Waals surface area contributed by atoms with Crippen molar-refractivity contribution in [1.82, 2.24) is 10.2 Å². The van der Waals surface area contributed by atoms with E-state index in [-0.39, 0.29) is 18.4 Å². The molecule has 6 heteroatoms. The van der Waals surface area contributed by atoms with Gasteiger partial charge in [0.15, 0.2) is 6.61 Å². The molecule has 0 aliphatic carbocycles. The number of likely N-dealkylation sites (N-methyl/N-ethyl adjacent to an activating group) is 1. The Hall–Kier alpha value is -2.53. The number of hydrogen-bond acceptors (Lipinski definition) is 3. The normalized spacial score (nSPS) is 11.6. The summed E-state index contributed by atoms with van der Waals surface area (Å²) in [6.45, 7) is 6.23. The maximum Gasteiger partial charge on any atom is 0.261 e. The van der Waals surface area contributed by atoms with Gasteiger partial charge in [-0.2, -0.15) is 0 Å². The Kier molecular flexibility index (Phi) is 7.67. The Morgan fingerprint density at radius 3 is 2.59 bits per heavy atom. The quantitative estimate of drug-likeness (QED) is 0.751. The Morgan fingerprint density at radius 1 is 1.19 bits per heavy atom. The van der Waals surface area contributed by atoms with Crippen molar-refractivity contribution in [1.29, 1.82) is 0 Å². The maximum atomic E-state index is 12.9. The summed E-state index contributed by atoms with van der Waals surface area (Å²) in [7, 11) is 0. The van der Waals surface area contributed by atoms with Gasteiger partial charge >= 0.3 is 0 Å². The molecule has 0 aliphatic rings. The lowest BCUT2D eigenvalue weighted by Crippen LogP contribution is -2.49. The summed E-state index contributed by atoms with van der Waals surface area (Å²) in [5.41, 5.74) is 2.05. The largest absolute Gasteiger partial charge is 0.484 e. The molecule has 0 fully saturated rings. The van der Waals surface area contributed by atoms with Crippen LogP contribution in [-0.4, -0.2) is 35.9 Å². The average Bonchev–Trinajstić information content (AvgIpc) is 2.65. The van der Waals surface area contributed by atoms with Crippen LogP contribution in [0.2, 0.25) is 5.02 Å². The molecule has 2 amide bonds. The van der Waals surface area contributed by atoms with E-state index in [2.05, 4.69) is 5.32 Å². The monoisotopic (exact) mass is 388 g/mol. The third kappa shape index (κ3) is 6.00. The fourth-order valence-electron chi connectivity index (χ4n) is 2.66. The Balaban J connectivity index is 2.15. The van der Waals surface area contributed by atoms with Crippen molar-refractivity contribution in [3.63, 3.8) is 0 Å². The fraction of sp³-hybridized carbons (Fsp3) is 0.333. The van der Waals surface area contributed by atoms with Crippen LogP contribution in [0, 0.1) is 6.92 Å². The van der Waals surface area contributed by atoms with E-state index in [0.29, 0.717) is 23.9 Å². The van der Waals surface area contributed by atoms with Crippen LogP contribution in [0.15, 0.2) is 48.5 Å². The molecule has 0 radical (unpaired) electrons. The van der Waals surface area contributed by atoms with Gasteiger partial charge in [-0.25, -0.2) is 0 Å². The number of rotatable bonds is 8. The van der Waals surface area contributed by atoms with Crippen molar-refractivity contribution in [3.05, 3.63) is 64.7 Å². The van der Waals surface area contributed by atoms with Crippen molar-refractivity contribution in [2.45, 2.75) is 33.4 Å². The zero-order valence-corrected chi connectivity index (χ0v) is 16.6. The maximum absolute atomic E-state index is 12.9. The number of amides is 2. The van der Waals surface area contributed by atoms with Crippen LogP contribution in [0.3, 0.4) is 0 Å². The Morgan fingerprint density at radius 2 is 1.93 bits per heavy atom. The van der Waals surface area contributed by atoms with E-state index in [0.717, 1.165) is 11.1 Å². The molecule has 2 rings (SSSR count). The van der Waals surface area contributed by atoms with Crippen molar-refractivity contribution in [2.75, 3.05) is 13.2 Å². The highest BCUT2D eigenvalue weighted by molar-refractivity contribution is 6.30. The molecule has 27 heavy (non-hydrogen) atoms. The number of benzene rings is 2. The second kappa shape index (κ2) is 9.97. The molecule has 1 atom stereocenters. The molecule has 0 saturated carbocycles. The van der Waals surface area contributed by atoms with E-state index >= 15 is 0 Å². The van der Waals surface area contributed by atoms with Crippen LogP contribution in [-0.2, 0) is 16.1 Å². The van der Waals surface area contributed by atoms with Gasteiger partial charge in [-0.15, -0.1) is 0 Å². The summed E-state index contributed by atoms with van der Waals surface area (Å²) in [4.78, 5) is 26.7. The third-order valence-electron chi connectivity index (χ3n) is 4.28. The van der Waals surface area contributed by atoms with Crippen LogP contribution in [0.25, 0.3) is 0 Å². The van der Waals surface area contributed by atoms with Crippen LogP contribution in [0.4, 0.5) is 0 Å². The summed E-state index contributed by atoms with van der Waals surface area (Å²) in [6.07, 6.45) is 0. The van der Waals surface area contributed by atoms with Crippen molar-refractivity contribution in [3.8, 4) is 5.75 Å². The highest BCUT2D eigenvalue weighted by atomic mass is 35.5. The number of carbonyl (C=O) groups is 2. The zero-order chi connectivity index (χ0) is 19.8. The van der Waals surface area contributed by atoms with Gasteiger partial charge in [0.25, 0.3) is 5.91 Å². The molecule has 0 bridgehead atoms. The molecule has 144 valence electrons. The first-order valence-corrected chi connectivity index (χ1v) is 9.30. The number of halogens is 1. The summed E-state index contributed by atoms with van der Waals surface area (Å²) >= 11 is 5.95. The minimum Gasteiger partial charge on any atom is -0.484 e. The predicted molar refractivity (Wildman–Crippen MR) is 107 cm³/mol.